The summed E-state index contributed by atoms with van der Waals surface area (Å²) in [6.45, 7) is 0.173. The lowest BCUT2D eigenvalue weighted by atomic mass is 10.1. The maximum absolute atomic E-state index is 14.3. The van der Waals surface area contributed by atoms with Crippen molar-refractivity contribution in [1.29, 1.82) is 0 Å². The highest BCUT2D eigenvalue weighted by molar-refractivity contribution is 6.34. The molecule has 0 saturated heterocycles. The largest absolute Gasteiger partial charge is 0.382 e. The zero-order chi connectivity index (χ0) is 27.5. The number of nitrogen functional groups attached to an aromatic ring is 1. The van der Waals surface area contributed by atoms with E-state index in [2.05, 4.69) is 25.8 Å². The Balaban J connectivity index is 1.44. The van der Waals surface area contributed by atoms with E-state index in [1.54, 1.807) is 48.1 Å². The predicted molar refractivity (Wildman–Crippen MR) is 145 cm³/mol. The summed E-state index contributed by atoms with van der Waals surface area (Å²) in [5, 5.41) is 14.2. The highest BCUT2D eigenvalue weighted by atomic mass is 35.5. The van der Waals surface area contributed by atoms with Crippen molar-refractivity contribution in [3.8, 4) is 16.9 Å². The van der Waals surface area contributed by atoms with Crippen molar-refractivity contribution in [3.63, 3.8) is 0 Å². The first-order valence-electron chi connectivity index (χ1n) is 11.7. The minimum Gasteiger partial charge on any atom is -0.382 e. The molecular formula is C27H22ClFN8O2. The smallest absolute Gasteiger partial charge is 0.272 e. The van der Waals surface area contributed by atoms with Crippen LogP contribution in [0.25, 0.3) is 16.9 Å². The van der Waals surface area contributed by atoms with Crippen LogP contribution in [0.15, 0.2) is 79.0 Å². The van der Waals surface area contributed by atoms with Crippen LogP contribution in [0.3, 0.4) is 0 Å². The maximum atomic E-state index is 14.3. The van der Waals surface area contributed by atoms with Gasteiger partial charge in [-0.3, -0.25) is 19.3 Å². The molecule has 0 aliphatic heterocycles. The Kier molecular flexibility index (Phi) is 7.06. The summed E-state index contributed by atoms with van der Waals surface area (Å²) in [5.74, 6) is -1.00. The third-order valence-corrected chi connectivity index (χ3v) is 6.18. The number of nitrogens with one attached hydrogen (secondary N) is 2. The van der Waals surface area contributed by atoms with Gasteiger partial charge in [0.15, 0.2) is 5.69 Å². The minimum atomic E-state index is -0.576. The highest BCUT2D eigenvalue weighted by Gasteiger charge is 2.20. The molecule has 0 fully saturated rings. The van der Waals surface area contributed by atoms with E-state index in [0.29, 0.717) is 22.8 Å². The number of hydrogen-bond donors (Lipinski definition) is 3. The molecule has 4 N–H and O–H groups in total. The molecule has 39 heavy (non-hydrogen) atoms. The standard InChI is InChI=1S/C27H22ClFN8O2/c1-36-18(13-23(30)35-36)15-32-27(39)22-14-24(37(34-22)17-6-3-2-4-7-17)33-26(38)19-12-16(9-10-20(19)28)25-21(29)8-5-11-31-25/h2-14H,15H2,1H3,(H2,30,35)(H,32,39)(H,33,38). The molecule has 0 aliphatic rings. The number of aromatic nitrogens is 5. The van der Waals surface area contributed by atoms with Crippen molar-refractivity contribution in [2.75, 3.05) is 11.1 Å². The predicted octanol–water partition coefficient (Wildman–Crippen LogP) is 4.22. The van der Waals surface area contributed by atoms with Crippen LogP contribution in [0.5, 0.6) is 0 Å². The Labute approximate surface area is 227 Å². The van der Waals surface area contributed by atoms with Crippen molar-refractivity contribution in [1.82, 2.24) is 29.9 Å². The molecule has 10 nitrogen and oxygen atoms in total. The number of carbonyl (C=O) groups excluding carboxylic acids is 2. The Bertz CT molecular complexity index is 1680. The number of nitrogens with two attached hydrogens (primary N) is 1. The lowest BCUT2D eigenvalue weighted by Crippen LogP contribution is -2.24. The Morgan fingerprint density at radius 2 is 1.79 bits per heavy atom. The number of benzene rings is 2. The molecule has 0 aliphatic carbocycles. The number of para-hydroxylation sites is 1. The van der Waals surface area contributed by atoms with E-state index in [-0.39, 0.29) is 34.3 Å². The number of amides is 2. The maximum Gasteiger partial charge on any atom is 0.272 e. The van der Waals surface area contributed by atoms with Gasteiger partial charge < -0.3 is 16.4 Å². The van der Waals surface area contributed by atoms with E-state index in [0.717, 1.165) is 0 Å². The molecular weight excluding hydrogens is 523 g/mol. The zero-order valence-electron chi connectivity index (χ0n) is 20.6. The number of hydrogen-bond acceptors (Lipinski definition) is 6. The first-order valence-corrected chi connectivity index (χ1v) is 12.1. The van der Waals surface area contributed by atoms with Crippen LogP contribution in [-0.4, -0.2) is 36.4 Å². The number of nitrogens with zero attached hydrogens (tertiary/aromatic N) is 5. The topological polar surface area (TPSA) is 133 Å². The molecule has 0 bridgehead atoms. The first kappa shape index (κ1) is 25.6. The first-order chi connectivity index (χ1) is 18.8. The molecule has 0 spiro atoms. The minimum absolute atomic E-state index is 0.0692. The van der Waals surface area contributed by atoms with Gasteiger partial charge in [-0.25, -0.2) is 9.07 Å². The van der Waals surface area contributed by atoms with E-state index >= 15 is 0 Å². The van der Waals surface area contributed by atoms with Crippen LogP contribution >= 0.6 is 11.6 Å². The second kappa shape index (κ2) is 10.8. The van der Waals surface area contributed by atoms with Crippen molar-refractivity contribution in [2.24, 2.45) is 7.05 Å². The van der Waals surface area contributed by atoms with Crippen molar-refractivity contribution in [3.05, 3.63) is 107 Å². The van der Waals surface area contributed by atoms with E-state index in [9.17, 15) is 14.0 Å². The fraction of sp³-hybridized carbons (Fsp3) is 0.0741. The van der Waals surface area contributed by atoms with Crippen molar-refractivity contribution >= 4 is 35.1 Å². The lowest BCUT2D eigenvalue weighted by molar-refractivity contribution is 0.0943. The fourth-order valence-corrected chi connectivity index (χ4v) is 4.14. The molecule has 3 heterocycles. The van der Waals surface area contributed by atoms with E-state index in [1.807, 2.05) is 6.07 Å². The molecule has 0 atom stereocenters. The Morgan fingerprint density at radius 3 is 2.51 bits per heavy atom. The average Bonchev–Trinajstić information content (AvgIpc) is 3.50. The number of rotatable bonds is 7. The van der Waals surface area contributed by atoms with Crippen molar-refractivity contribution < 1.29 is 14.0 Å². The molecule has 3 aromatic heterocycles. The molecule has 0 saturated carbocycles. The molecule has 0 radical (unpaired) electrons. The third kappa shape index (κ3) is 5.48. The molecule has 2 amide bonds. The van der Waals surface area contributed by atoms with Gasteiger partial charge in [-0.05, 0) is 36.4 Å². The average molecular weight is 545 g/mol. The van der Waals surface area contributed by atoms with Crippen LogP contribution in [0, 0.1) is 5.82 Å². The summed E-state index contributed by atoms with van der Waals surface area (Å²) < 4.78 is 17.3. The monoisotopic (exact) mass is 544 g/mol. The molecule has 0 unspecified atom stereocenters. The lowest BCUT2D eigenvalue weighted by Gasteiger charge is -2.11. The second-order valence-corrected chi connectivity index (χ2v) is 8.92. The van der Waals surface area contributed by atoms with Gasteiger partial charge in [0, 0.05) is 30.9 Å². The van der Waals surface area contributed by atoms with Gasteiger partial charge in [-0.2, -0.15) is 10.2 Å². The quantitative estimate of drug-likeness (QED) is 0.281. The number of carbonyl (C=O) groups is 2. The van der Waals surface area contributed by atoms with Crippen LogP contribution in [-0.2, 0) is 13.6 Å². The highest BCUT2D eigenvalue weighted by Crippen LogP contribution is 2.27. The van der Waals surface area contributed by atoms with Gasteiger partial charge in [-0.15, -0.1) is 0 Å². The van der Waals surface area contributed by atoms with E-state index in [1.165, 1.54) is 41.2 Å². The Hall–Kier alpha value is -5.03. The summed E-state index contributed by atoms with van der Waals surface area (Å²) in [5.41, 5.74) is 7.66. The van der Waals surface area contributed by atoms with E-state index in [4.69, 9.17) is 17.3 Å². The third-order valence-electron chi connectivity index (χ3n) is 5.85. The van der Waals surface area contributed by atoms with Gasteiger partial charge in [0.25, 0.3) is 11.8 Å². The summed E-state index contributed by atoms with van der Waals surface area (Å²) in [7, 11) is 1.72. The molecule has 5 rings (SSSR count). The molecule has 5 aromatic rings. The van der Waals surface area contributed by atoms with Gasteiger partial charge in [-0.1, -0.05) is 35.9 Å². The number of halogens is 2. The number of pyridine rings is 1. The van der Waals surface area contributed by atoms with Gasteiger partial charge in [0.2, 0.25) is 0 Å². The van der Waals surface area contributed by atoms with Crippen LogP contribution < -0.4 is 16.4 Å². The van der Waals surface area contributed by atoms with E-state index < -0.39 is 17.6 Å². The Morgan fingerprint density at radius 1 is 1.00 bits per heavy atom. The van der Waals surface area contributed by atoms with Crippen LogP contribution in [0.4, 0.5) is 16.0 Å². The zero-order valence-corrected chi connectivity index (χ0v) is 21.4. The summed E-state index contributed by atoms with van der Waals surface area (Å²) in [4.78, 5) is 30.4. The number of aryl methyl sites for hydroxylation is 1. The number of anilines is 2. The van der Waals surface area contributed by atoms with Crippen LogP contribution in [0.2, 0.25) is 5.02 Å². The van der Waals surface area contributed by atoms with Gasteiger partial charge in [0.05, 0.1) is 28.5 Å². The summed E-state index contributed by atoms with van der Waals surface area (Å²) in [6.07, 6.45) is 1.46. The SMILES string of the molecule is Cn1nc(N)cc1CNC(=O)c1cc(NC(=O)c2cc(-c3ncccc3F)ccc2Cl)n(-c2ccccc2)n1. The summed E-state index contributed by atoms with van der Waals surface area (Å²) in [6, 6.07) is 19.4. The second-order valence-electron chi connectivity index (χ2n) is 8.51. The summed E-state index contributed by atoms with van der Waals surface area (Å²) >= 11 is 6.33. The molecule has 196 valence electrons. The molecule has 2 aromatic carbocycles. The normalized spacial score (nSPS) is 10.8. The van der Waals surface area contributed by atoms with Crippen LogP contribution in [0.1, 0.15) is 26.5 Å². The van der Waals surface area contributed by atoms with Gasteiger partial charge in [0.1, 0.15) is 23.1 Å². The molecule has 12 heteroatoms. The van der Waals surface area contributed by atoms with Gasteiger partial charge >= 0.3 is 0 Å². The van der Waals surface area contributed by atoms with Crippen molar-refractivity contribution in [2.45, 2.75) is 6.54 Å². The fourth-order valence-electron chi connectivity index (χ4n) is 3.93.